The van der Waals surface area contributed by atoms with Crippen molar-refractivity contribution in [1.29, 1.82) is 0 Å². The lowest BCUT2D eigenvalue weighted by Crippen LogP contribution is -2.31. The summed E-state index contributed by atoms with van der Waals surface area (Å²) in [6.45, 7) is 6.23. The van der Waals surface area contributed by atoms with E-state index in [1.165, 1.54) is 0 Å². The highest BCUT2D eigenvalue weighted by atomic mass is 16.4. The quantitative estimate of drug-likeness (QED) is 0.695. The summed E-state index contributed by atoms with van der Waals surface area (Å²) in [6.07, 6.45) is 1.09. The van der Waals surface area contributed by atoms with E-state index in [0.717, 1.165) is 16.8 Å². The molecule has 4 heteroatoms. The molecule has 1 amide bonds. The number of fused-ring (bicyclic) bond motifs is 1. The molecule has 0 unspecified atom stereocenters. The van der Waals surface area contributed by atoms with Crippen LogP contribution in [-0.4, -0.2) is 16.7 Å². The van der Waals surface area contributed by atoms with E-state index in [2.05, 4.69) is 30.6 Å². The van der Waals surface area contributed by atoms with Gasteiger partial charge in [-0.15, -0.1) is 0 Å². The average molecular weight is 232 g/mol. The third-order valence-electron chi connectivity index (χ3n) is 2.73. The summed E-state index contributed by atoms with van der Waals surface area (Å²) in [6, 6.07) is 5.50. The normalized spacial score (nSPS) is 16.5. The Morgan fingerprint density at radius 3 is 2.76 bits per heavy atom. The summed E-state index contributed by atoms with van der Waals surface area (Å²) < 4.78 is 0. The molecule has 0 aliphatic carbocycles. The van der Waals surface area contributed by atoms with Crippen LogP contribution >= 0.6 is 0 Å². The topological polar surface area (TPSA) is 61.4 Å². The van der Waals surface area contributed by atoms with Gasteiger partial charge < -0.3 is 10.4 Å². The highest BCUT2D eigenvalue weighted by molar-refractivity contribution is 5.87. The largest absolute Gasteiger partial charge is 0.465 e. The van der Waals surface area contributed by atoms with E-state index in [1.807, 2.05) is 19.1 Å². The van der Waals surface area contributed by atoms with Crippen LogP contribution < -0.4 is 10.6 Å². The summed E-state index contributed by atoms with van der Waals surface area (Å²) in [5.74, 6) is 0. The summed E-state index contributed by atoms with van der Waals surface area (Å²) >= 11 is 0. The molecule has 1 aliphatic heterocycles. The second-order valence-electron chi connectivity index (χ2n) is 4.86. The zero-order valence-electron chi connectivity index (χ0n) is 10.2. The number of nitrogens with one attached hydrogen (secondary N) is 2. The number of rotatable bonds is 1. The second-order valence-corrected chi connectivity index (χ2v) is 4.86. The van der Waals surface area contributed by atoms with Gasteiger partial charge in [-0.2, -0.15) is 0 Å². The fourth-order valence-electron chi connectivity index (χ4n) is 2.18. The highest BCUT2D eigenvalue weighted by Crippen LogP contribution is 2.34. The first-order valence-corrected chi connectivity index (χ1v) is 5.49. The Labute approximate surface area is 100 Å². The average Bonchev–Trinajstić information content (AvgIpc) is 2.16. The highest BCUT2D eigenvalue weighted by Gasteiger charge is 2.22. The lowest BCUT2D eigenvalue weighted by atomic mass is 9.91. The Morgan fingerprint density at radius 2 is 2.12 bits per heavy atom. The minimum Gasteiger partial charge on any atom is -0.465 e. The van der Waals surface area contributed by atoms with Crippen LogP contribution in [0, 0.1) is 0 Å². The van der Waals surface area contributed by atoms with Crippen LogP contribution in [0.5, 0.6) is 0 Å². The third kappa shape index (κ3) is 2.41. The van der Waals surface area contributed by atoms with Crippen molar-refractivity contribution >= 4 is 23.0 Å². The smallest absolute Gasteiger partial charge is 0.409 e. The van der Waals surface area contributed by atoms with E-state index in [9.17, 15) is 4.79 Å². The summed E-state index contributed by atoms with van der Waals surface area (Å²) in [5.41, 5.74) is 3.74. The molecule has 4 nitrogen and oxygen atoms in total. The van der Waals surface area contributed by atoms with Crippen LogP contribution in [-0.2, 0) is 0 Å². The molecule has 0 radical (unpaired) electrons. The van der Waals surface area contributed by atoms with Gasteiger partial charge in [-0.25, -0.2) is 4.79 Å². The zero-order valence-corrected chi connectivity index (χ0v) is 10.2. The van der Waals surface area contributed by atoms with Gasteiger partial charge in [0.05, 0.1) is 5.54 Å². The fourth-order valence-corrected chi connectivity index (χ4v) is 2.18. The first-order valence-electron chi connectivity index (χ1n) is 5.49. The van der Waals surface area contributed by atoms with Gasteiger partial charge in [-0.1, -0.05) is 6.08 Å². The van der Waals surface area contributed by atoms with Crippen LogP contribution in [0.2, 0.25) is 0 Å². The fraction of sp³-hybridized carbons (Fsp3) is 0.308. The van der Waals surface area contributed by atoms with E-state index in [0.29, 0.717) is 5.69 Å². The van der Waals surface area contributed by atoms with Gasteiger partial charge in [-0.05, 0) is 44.5 Å². The molecule has 0 spiro atoms. The molecule has 3 N–H and O–H groups in total. The van der Waals surface area contributed by atoms with Gasteiger partial charge in [0.25, 0.3) is 0 Å². The molecule has 2 rings (SSSR count). The molecule has 0 bridgehead atoms. The first kappa shape index (κ1) is 11.5. The molecule has 0 saturated heterocycles. The number of hydrogen-bond donors (Lipinski definition) is 3. The van der Waals surface area contributed by atoms with E-state index in [4.69, 9.17) is 5.11 Å². The molecule has 0 atom stereocenters. The molecular formula is C13H16N2O2. The minimum absolute atomic E-state index is 0.0706. The van der Waals surface area contributed by atoms with Gasteiger partial charge in [0.2, 0.25) is 0 Å². The van der Waals surface area contributed by atoms with Crippen LogP contribution in [0.25, 0.3) is 5.57 Å². The van der Waals surface area contributed by atoms with Crippen LogP contribution in [0.1, 0.15) is 26.3 Å². The Morgan fingerprint density at radius 1 is 1.41 bits per heavy atom. The number of carboxylic acid groups (broad SMARTS) is 1. The van der Waals surface area contributed by atoms with Crippen molar-refractivity contribution < 1.29 is 9.90 Å². The maximum absolute atomic E-state index is 10.6. The number of allylic oxidation sites excluding steroid dienone is 1. The molecule has 1 aromatic carbocycles. The number of amides is 1. The van der Waals surface area contributed by atoms with E-state index < -0.39 is 6.09 Å². The van der Waals surface area contributed by atoms with E-state index >= 15 is 0 Å². The molecule has 17 heavy (non-hydrogen) atoms. The maximum atomic E-state index is 10.6. The van der Waals surface area contributed by atoms with Crippen molar-refractivity contribution in [2.45, 2.75) is 26.3 Å². The van der Waals surface area contributed by atoms with Crippen molar-refractivity contribution in [1.82, 2.24) is 0 Å². The molecule has 90 valence electrons. The van der Waals surface area contributed by atoms with Crippen molar-refractivity contribution in [3.05, 3.63) is 29.8 Å². The molecule has 1 aliphatic rings. The van der Waals surface area contributed by atoms with Gasteiger partial charge in [0.1, 0.15) is 0 Å². The van der Waals surface area contributed by atoms with Crippen LogP contribution in [0.3, 0.4) is 0 Å². The van der Waals surface area contributed by atoms with E-state index in [1.54, 1.807) is 6.07 Å². The van der Waals surface area contributed by atoms with Gasteiger partial charge in [0.15, 0.2) is 0 Å². The van der Waals surface area contributed by atoms with Crippen molar-refractivity contribution in [2.24, 2.45) is 0 Å². The lowest BCUT2D eigenvalue weighted by Gasteiger charge is -2.31. The number of benzene rings is 1. The number of hydrogen-bond acceptors (Lipinski definition) is 2. The van der Waals surface area contributed by atoms with Crippen LogP contribution in [0.15, 0.2) is 24.3 Å². The van der Waals surface area contributed by atoms with Crippen molar-refractivity contribution in [2.75, 3.05) is 10.6 Å². The van der Waals surface area contributed by atoms with Gasteiger partial charge in [-0.3, -0.25) is 5.32 Å². The van der Waals surface area contributed by atoms with Crippen LogP contribution in [0.4, 0.5) is 16.2 Å². The Kier molecular flexibility index (Phi) is 2.58. The molecule has 0 fully saturated rings. The SMILES string of the molecule is CC1=CC(C)(C)Nc2ccc(NC(=O)O)cc21. The lowest BCUT2D eigenvalue weighted by molar-refractivity contribution is 0.210. The molecule has 1 aromatic rings. The molecule has 0 saturated carbocycles. The van der Waals surface area contributed by atoms with Gasteiger partial charge >= 0.3 is 6.09 Å². The van der Waals surface area contributed by atoms with Gasteiger partial charge in [0, 0.05) is 16.9 Å². The summed E-state index contributed by atoms with van der Waals surface area (Å²) in [7, 11) is 0. The third-order valence-corrected chi connectivity index (χ3v) is 2.73. The van der Waals surface area contributed by atoms with E-state index in [-0.39, 0.29) is 5.54 Å². The predicted octanol–water partition coefficient (Wildman–Crippen LogP) is 3.38. The number of carbonyl (C=O) groups is 1. The predicted molar refractivity (Wildman–Crippen MR) is 69.4 cm³/mol. The Balaban J connectivity index is 2.41. The first-order chi connectivity index (χ1) is 7.87. The Hall–Kier alpha value is -1.97. The monoisotopic (exact) mass is 232 g/mol. The zero-order chi connectivity index (χ0) is 12.6. The molecule has 0 aromatic heterocycles. The minimum atomic E-state index is -1.05. The van der Waals surface area contributed by atoms with Crippen molar-refractivity contribution in [3.8, 4) is 0 Å². The number of anilines is 2. The van der Waals surface area contributed by atoms with Crippen molar-refractivity contribution in [3.63, 3.8) is 0 Å². The maximum Gasteiger partial charge on any atom is 0.409 e. The Bertz CT molecular complexity index is 504. The standard InChI is InChI=1S/C13H16N2O2/c1-8-7-13(2,3)15-11-5-4-9(6-10(8)11)14-12(16)17/h4-7,14-15H,1-3H3,(H,16,17). The summed E-state index contributed by atoms with van der Waals surface area (Å²) in [4.78, 5) is 10.6. The second kappa shape index (κ2) is 3.80. The summed E-state index contributed by atoms with van der Waals surface area (Å²) in [5, 5.41) is 14.4. The molecular weight excluding hydrogens is 216 g/mol. The molecule has 1 heterocycles.